The van der Waals surface area contributed by atoms with Crippen LogP contribution in [0.5, 0.6) is 11.5 Å². The molecule has 2 heterocycles. The first-order chi connectivity index (χ1) is 19.2. The van der Waals surface area contributed by atoms with E-state index in [1.807, 2.05) is 30.3 Å². The van der Waals surface area contributed by atoms with Gasteiger partial charge in [-0.05, 0) is 59.0 Å². The van der Waals surface area contributed by atoms with E-state index in [1.54, 1.807) is 12.3 Å². The van der Waals surface area contributed by atoms with Gasteiger partial charge in [0.05, 0.1) is 24.5 Å². The zero-order valence-electron chi connectivity index (χ0n) is 23.2. The number of carboxylic acid groups (broad SMARTS) is 1. The Bertz CT molecular complexity index is 1480. The molecule has 1 atom stereocenters. The second kappa shape index (κ2) is 11.5. The Labute approximate surface area is 234 Å². The third-order valence-corrected chi connectivity index (χ3v) is 7.59. The molecule has 40 heavy (non-hydrogen) atoms. The van der Waals surface area contributed by atoms with Gasteiger partial charge in [0.1, 0.15) is 17.2 Å². The van der Waals surface area contributed by atoms with E-state index >= 15 is 0 Å². The van der Waals surface area contributed by atoms with Crippen molar-refractivity contribution in [3.8, 4) is 11.5 Å². The number of nitrogens with one attached hydrogen (secondary N) is 2. The standard InChI is InChI=1S/C32H36N4O4/c1-32(2,3)22-9-12-23(13-10-22)40-24-11-8-21-15-28(35-26(25(21)16-24)14-20-6-4-5-7-20)31(39)36-27(17-30(37)38)29-18-33-19-34-29/h8-13,15-16,18-20,27H,4-7,14,17H2,1-3H3,(H,33,34)(H,36,39)(H,37,38). The molecule has 0 spiro atoms. The molecule has 2 aromatic heterocycles. The van der Waals surface area contributed by atoms with Crippen molar-refractivity contribution in [1.82, 2.24) is 20.3 Å². The largest absolute Gasteiger partial charge is 0.481 e. The zero-order valence-corrected chi connectivity index (χ0v) is 23.2. The average molecular weight is 541 g/mol. The fraction of sp³-hybridized carbons (Fsp3) is 0.375. The molecule has 3 N–H and O–H groups in total. The minimum absolute atomic E-state index is 0.0675. The summed E-state index contributed by atoms with van der Waals surface area (Å²) in [7, 11) is 0. The smallest absolute Gasteiger partial charge is 0.305 e. The van der Waals surface area contributed by atoms with Crippen LogP contribution >= 0.6 is 0 Å². The van der Waals surface area contributed by atoms with Gasteiger partial charge in [-0.1, -0.05) is 64.7 Å². The first-order valence-electron chi connectivity index (χ1n) is 13.9. The van der Waals surface area contributed by atoms with Crippen LogP contribution in [-0.4, -0.2) is 31.9 Å². The Hall–Kier alpha value is -4.20. The highest BCUT2D eigenvalue weighted by Gasteiger charge is 2.24. The van der Waals surface area contributed by atoms with Gasteiger partial charge in [-0.15, -0.1) is 0 Å². The first kappa shape index (κ1) is 27.4. The lowest BCUT2D eigenvalue weighted by Crippen LogP contribution is -2.31. The van der Waals surface area contributed by atoms with Crippen LogP contribution in [0.4, 0.5) is 0 Å². The van der Waals surface area contributed by atoms with Crippen LogP contribution in [0.3, 0.4) is 0 Å². The molecule has 208 valence electrons. The zero-order chi connectivity index (χ0) is 28.3. The molecule has 0 bridgehead atoms. The van der Waals surface area contributed by atoms with Gasteiger partial charge in [-0.25, -0.2) is 9.97 Å². The molecule has 1 aliphatic rings. The second-order valence-corrected chi connectivity index (χ2v) is 11.7. The number of hydrogen-bond acceptors (Lipinski definition) is 5. The monoisotopic (exact) mass is 540 g/mol. The van der Waals surface area contributed by atoms with Crippen LogP contribution in [0.15, 0.2) is 61.1 Å². The maximum atomic E-state index is 13.3. The van der Waals surface area contributed by atoms with E-state index in [4.69, 9.17) is 9.72 Å². The Morgan fingerprint density at radius 3 is 2.45 bits per heavy atom. The number of amides is 1. The number of carboxylic acids is 1. The van der Waals surface area contributed by atoms with E-state index in [0.717, 1.165) is 41.5 Å². The summed E-state index contributed by atoms with van der Waals surface area (Å²) in [5.74, 6) is 0.539. The summed E-state index contributed by atoms with van der Waals surface area (Å²) in [4.78, 5) is 36.6. The molecule has 8 heteroatoms. The molecule has 1 aliphatic carbocycles. The number of carbonyl (C=O) groups excluding carboxylic acids is 1. The molecule has 2 aromatic carbocycles. The van der Waals surface area contributed by atoms with E-state index in [9.17, 15) is 14.7 Å². The van der Waals surface area contributed by atoms with Crippen molar-refractivity contribution in [2.45, 2.75) is 70.8 Å². The number of aromatic nitrogens is 3. The Morgan fingerprint density at radius 2 is 1.80 bits per heavy atom. The van der Waals surface area contributed by atoms with Gasteiger partial charge in [-0.2, -0.15) is 0 Å². The third kappa shape index (κ3) is 6.50. The molecule has 0 saturated heterocycles. The fourth-order valence-corrected chi connectivity index (χ4v) is 5.38. The van der Waals surface area contributed by atoms with Crippen LogP contribution in [0.1, 0.15) is 86.4 Å². The van der Waals surface area contributed by atoms with Crippen molar-refractivity contribution in [3.63, 3.8) is 0 Å². The van der Waals surface area contributed by atoms with E-state index < -0.39 is 17.9 Å². The highest BCUT2D eigenvalue weighted by molar-refractivity contribution is 5.98. The fourth-order valence-electron chi connectivity index (χ4n) is 5.38. The summed E-state index contributed by atoms with van der Waals surface area (Å²) < 4.78 is 6.22. The average Bonchev–Trinajstić information content (AvgIpc) is 3.63. The summed E-state index contributed by atoms with van der Waals surface area (Å²) in [5, 5.41) is 14.0. The molecule has 1 amide bonds. The lowest BCUT2D eigenvalue weighted by Gasteiger charge is -2.19. The molecular formula is C32H36N4O4. The number of nitrogens with zero attached hydrogens (tertiary/aromatic N) is 2. The Balaban J connectivity index is 1.44. The van der Waals surface area contributed by atoms with Crippen molar-refractivity contribution in [2.24, 2.45) is 5.92 Å². The Kier molecular flexibility index (Phi) is 7.87. The van der Waals surface area contributed by atoms with Crippen molar-refractivity contribution in [2.75, 3.05) is 0 Å². The van der Waals surface area contributed by atoms with Crippen LogP contribution < -0.4 is 10.1 Å². The topological polar surface area (TPSA) is 117 Å². The van der Waals surface area contributed by atoms with E-state index in [1.165, 1.54) is 24.7 Å². The van der Waals surface area contributed by atoms with E-state index in [-0.39, 0.29) is 17.5 Å². The number of ether oxygens (including phenoxy) is 1. The third-order valence-electron chi connectivity index (χ3n) is 7.59. The summed E-state index contributed by atoms with van der Waals surface area (Å²) >= 11 is 0. The normalized spacial score (nSPS) is 14.8. The van der Waals surface area contributed by atoms with Gasteiger partial charge < -0.3 is 20.1 Å². The van der Waals surface area contributed by atoms with Crippen molar-refractivity contribution in [3.05, 3.63) is 83.7 Å². The van der Waals surface area contributed by atoms with Crippen LogP contribution in [0, 0.1) is 5.92 Å². The lowest BCUT2D eigenvalue weighted by atomic mass is 9.87. The van der Waals surface area contributed by atoms with E-state index in [0.29, 0.717) is 17.4 Å². The molecule has 1 saturated carbocycles. The van der Waals surface area contributed by atoms with Crippen molar-refractivity contribution >= 4 is 22.6 Å². The molecule has 4 aromatic rings. The minimum Gasteiger partial charge on any atom is -0.481 e. The van der Waals surface area contributed by atoms with Gasteiger partial charge in [-0.3, -0.25) is 9.59 Å². The van der Waals surface area contributed by atoms with Gasteiger partial charge in [0.15, 0.2) is 0 Å². The molecule has 0 aliphatic heterocycles. The predicted molar refractivity (Wildman–Crippen MR) is 154 cm³/mol. The highest BCUT2D eigenvalue weighted by atomic mass is 16.5. The number of fused-ring (bicyclic) bond motifs is 1. The summed E-state index contributed by atoms with van der Waals surface area (Å²) in [6, 6.07) is 15.0. The lowest BCUT2D eigenvalue weighted by molar-refractivity contribution is -0.137. The number of imidazole rings is 1. The SMILES string of the molecule is CC(C)(C)c1ccc(Oc2ccc3cc(C(=O)NC(CC(=O)O)c4c[nH]cn4)nc(CC4CCCC4)c3c2)cc1. The number of aliphatic carboxylic acids is 1. The number of benzene rings is 2. The number of aromatic amines is 1. The number of H-pyrrole nitrogens is 1. The molecular weight excluding hydrogens is 504 g/mol. The maximum Gasteiger partial charge on any atom is 0.305 e. The quantitative estimate of drug-likeness (QED) is 0.217. The number of rotatable bonds is 9. The predicted octanol–water partition coefficient (Wildman–Crippen LogP) is 6.73. The maximum absolute atomic E-state index is 13.3. The number of pyridine rings is 1. The molecule has 5 rings (SSSR count). The minimum atomic E-state index is -1.03. The van der Waals surface area contributed by atoms with Crippen LogP contribution in [0.2, 0.25) is 0 Å². The van der Waals surface area contributed by atoms with Crippen LogP contribution in [-0.2, 0) is 16.6 Å². The molecule has 1 fully saturated rings. The van der Waals surface area contributed by atoms with Gasteiger partial charge in [0.2, 0.25) is 0 Å². The molecule has 1 unspecified atom stereocenters. The van der Waals surface area contributed by atoms with Gasteiger partial charge in [0.25, 0.3) is 5.91 Å². The van der Waals surface area contributed by atoms with Crippen LogP contribution in [0.25, 0.3) is 10.8 Å². The number of carbonyl (C=O) groups is 2. The van der Waals surface area contributed by atoms with E-state index in [2.05, 4.69) is 48.2 Å². The van der Waals surface area contributed by atoms with Crippen molar-refractivity contribution in [1.29, 1.82) is 0 Å². The van der Waals surface area contributed by atoms with Gasteiger partial charge in [0, 0.05) is 17.3 Å². The summed E-state index contributed by atoms with van der Waals surface area (Å²) in [6.07, 6.45) is 8.26. The van der Waals surface area contributed by atoms with Gasteiger partial charge >= 0.3 is 5.97 Å². The molecule has 8 nitrogen and oxygen atoms in total. The molecule has 0 radical (unpaired) electrons. The van der Waals surface area contributed by atoms with Crippen molar-refractivity contribution < 1.29 is 19.4 Å². The summed E-state index contributed by atoms with van der Waals surface area (Å²) in [5.41, 5.74) is 2.89. The Morgan fingerprint density at radius 1 is 1.07 bits per heavy atom. The number of hydrogen-bond donors (Lipinski definition) is 3. The second-order valence-electron chi connectivity index (χ2n) is 11.7. The first-order valence-corrected chi connectivity index (χ1v) is 13.9. The highest BCUT2D eigenvalue weighted by Crippen LogP contribution is 2.33. The summed E-state index contributed by atoms with van der Waals surface area (Å²) in [6.45, 7) is 6.55.